The Hall–Kier alpha value is -0.410. The van der Waals surface area contributed by atoms with Gasteiger partial charge in [0, 0.05) is 11.9 Å². The summed E-state index contributed by atoms with van der Waals surface area (Å²) in [6.45, 7) is 6.60. The van der Waals surface area contributed by atoms with Crippen molar-refractivity contribution in [2.75, 3.05) is 6.54 Å². The van der Waals surface area contributed by atoms with Crippen LogP contribution in [-0.2, 0) is 6.54 Å². The third-order valence-corrected chi connectivity index (χ3v) is 3.96. The summed E-state index contributed by atoms with van der Waals surface area (Å²) in [5.41, 5.74) is 1.27. The number of aromatic nitrogens is 1. The standard InChI is InChI=1S/C12H20N2S/c1-3-9(2)11-8-15-12(14-11)7-13-6-10-4-5-10/h8-10,13H,3-7H2,1-2H3. The van der Waals surface area contributed by atoms with Gasteiger partial charge < -0.3 is 5.32 Å². The number of rotatable bonds is 6. The van der Waals surface area contributed by atoms with Gasteiger partial charge in [0.2, 0.25) is 0 Å². The quantitative estimate of drug-likeness (QED) is 0.803. The topological polar surface area (TPSA) is 24.9 Å². The zero-order chi connectivity index (χ0) is 10.7. The highest BCUT2D eigenvalue weighted by atomic mass is 32.1. The minimum atomic E-state index is 0.610. The number of thiazole rings is 1. The molecule has 3 heteroatoms. The van der Waals surface area contributed by atoms with Gasteiger partial charge in [0.05, 0.1) is 5.69 Å². The second-order valence-electron chi connectivity index (χ2n) is 4.55. The molecule has 1 saturated carbocycles. The van der Waals surface area contributed by atoms with Crippen LogP contribution in [-0.4, -0.2) is 11.5 Å². The van der Waals surface area contributed by atoms with E-state index >= 15 is 0 Å². The minimum absolute atomic E-state index is 0.610. The van der Waals surface area contributed by atoms with E-state index in [0.717, 1.165) is 12.5 Å². The zero-order valence-corrected chi connectivity index (χ0v) is 10.4. The van der Waals surface area contributed by atoms with Crippen LogP contribution < -0.4 is 5.32 Å². The van der Waals surface area contributed by atoms with Crippen molar-refractivity contribution >= 4 is 11.3 Å². The van der Waals surface area contributed by atoms with E-state index in [1.165, 1.54) is 36.5 Å². The molecule has 0 saturated heterocycles. The molecule has 1 heterocycles. The van der Waals surface area contributed by atoms with E-state index in [9.17, 15) is 0 Å². The van der Waals surface area contributed by atoms with Crippen molar-refractivity contribution in [2.45, 2.75) is 45.6 Å². The lowest BCUT2D eigenvalue weighted by Crippen LogP contribution is -2.15. The SMILES string of the molecule is CCC(C)c1csc(CNCC2CC2)n1. The zero-order valence-electron chi connectivity index (χ0n) is 9.62. The first-order valence-electron chi connectivity index (χ1n) is 5.94. The summed E-state index contributed by atoms with van der Waals surface area (Å²) in [6, 6.07) is 0. The van der Waals surface area contributed by atoms with E-state index < -0.39 is 0 Å². The molecule has 1 unspecified atom stereocenters. The maximum Gasteiger partial charge on any atom is 0.107 e. The molecule has 2 rings (SSSR count). The van der Waals surface area contributed by atoms with Crippen LogP contribution in [0.3, 0.4) is 0 Å². The van der Waals surface area contributed by atoms with Crippen LogP contribution in [0.15, 0.2) is 5.38 Å². The van der Waals surface area contributed by atoms with Crippen LogP contribution in [0.4, 0.5) is 0 Å². The van der Waals surface area contributed by atoms with Gasteiger partial charge in [-0.05, 0) is 37.6 Å². The first-order chi connectivity index (χ1) is 7.29. The summed E-state index contributed by atoms with van der Waals surface area (Å²) in [7, 11) is 0. The fraction of sp³-hybridized carbons (Fsp3) is 0.750. The third-order valence-electron chi connectivity index (χ3n) is 3.09. The Labute approximate surface area is 96.1 Å². The molecule has 15 heavy (non-hydrogen) atoms. The van der Waals surface area contributed by atoms with Gasteiger partial charge in [-0.3, -0.25) is 0 Å². The molecule has 0 spiro atoms. The van der Waals surface area contributed by atoms with Gasteiger partial charge >= 0.3 is 0 Å². The Kier molecular flexibility index (Phi) is 3.76. The number of hydrogen-bond donors (Lipinski definition) is 1. The molecule has 0 radical (unpaired) electrons. The van der Waals surface area contributed by atoms with E-state index in [1.807, 2.05) is 0 Å². The van der Waals surface area contributed by atoms with E-state index in [4.69, 9.17) is 0 Å². The number of nitrogens with one attached hydrogen (secondary N) is 1. The number of hydrogen-bond acceptors (Lipinski definition) is 3. The molecule has 1 aromatic rings. The molecular formula is C12H20N2S. The molecule has 1 aromatic heterocycles. The fourth-order valence-corrected chi connectivity index (χ4v) is 2.43. The summed E-state index contributed by atoms with van der Waals surface area (Å²) in [5, 5.41) is 6.93. The van der Waals surface area contributed by atoms with Gasteiger partial charge in [-0.2, -0.15) is 0 Å². The van der Waals surface area contributed by atoms with Gasteiger partial charge in [-0.1, -0.05) is 13.8 Å². The highest BCUT2D eigenvalue weighted by Gasteiger charge is 2.20. The van der Waals surface area contributed by atoms with E-state index in [-0.39, 0.29) is 0 Å². The maximum atomic E-state index is 4.65. The molecule has 1 aliphatic carbocycles. The van der Waals surface area contributed by atoms with Gasteiger partial charge in [0.25, 0.3) is 0 Å². The van der Waals surface area contributed by atoms with Gasteiger partial charge in [0.1, 0.15) is 5.01 Å². The van der Waals surface area contributed by atoms with Crippen LogP contribution in [0.2, 0.25) is 0 Å². The molecule has 0 bridgehead atoms. The van der Waals surface area contributed by atoms with E-state index in [1.54, 1.807) is 11.3 Å². The Bertz CT molecular complexity index is 304. The second kappa shape index (κ2) is 5.08. The normalized spacial score (nSPS) is 18.0. The average molecular weight is 224 g/mol. The molecule has 1 atom stereocenters. The molecule has 84 valence electrons. The Balaban J connectivity index is 1.77. The van der Waals surface area contributed by atoms with Gasteiger partial charge in [-0.15, -0.1) is 11.3 Å². The predicted molar refractivity (Wildman–Crippen MR) is 65.3 cm³/mol. The highest BCUT2D eigenvalue weighted by molar-refractivity contribution is 7.09. The van der Waals surface area contributed by atoms with Crippen molar-refractivity contribution in [3.63, 3.8) is 0 Å². The van der Waals surface area contributed by atoms with Crippen LogP contribution >= 0.6 is 11.3 Å². The van der Waals surface area contributed by atoms with Crippen molar-refractivity contribution in [3.05, 3.63) is 16.1 Å². The largest absolute Gasteiger partial charge is 0.310 e. The summed E-state index contributed by atoms with van der Waals surface area (Å²) in [6.07, 6.45) is 4.02. The third kappa shape index (κ3) is 3.28. The average Bonchev–Trinajstić information content (AvgIpc) is 2.94. The smallest absolute Gasteiger partial charge is 0.107 e. The van der Waals surface area contributed by atoms with Crippen molar-refractivity contribution in [1.82, 2.24) is 10.3 Å². The Morgan fingerprint density at radius 1 is 1.60 bits per heavy atom. The fourth-order valence-electron chi connectivity index (χ4n) is 1.55. The van der Waals surface area contributed by atoms with Crippen molar-refractivity contribution in [1.29, 1.82) is 0 Å². The molecule has 2 nitrogen and oxygen atoms in total. The minimum Gasteiger partial charge on any atom is -0.310 e. The van der Waals surface area contributed by atoms with Gasteiger partial charge in [0.15, 0.2) is 0 Å². The summed E-state index contributed by atoms with van der Waals surface area (Å²) < 4.78 is 0. The van der Waals surface area contributed by atoms with Gasteiger partial charge in [-0.25, -0.2) is 4.98 Å². The second-order valence-corrected chi connectivity index (χ2v) is 5.49. The molecule has 0 amide bonds. The first-order valence-corrected chi connectivity index (χ1v) is 6.82. The molecule has 1 aliphatic rings. The number of nitrogens with zero attached hydrogens (tertiary/aromatic N) is 1. The van der Waals surface area contributed by atoms with Crippen LogP contribution in [0.5, 0.6) is 0 Å². The predicted octanol–water partition coefficient (Wildman–Crippen LogP) is 3.16. The lowest BCUT2D eigenvalue weighted by atomic mass is 10.1. The Morgan fingerprint density at radius 3 is 3.07 bits per heavy atom. The van der Waals surface area contributed by atoms with Crippen molar-refractivity contribution in [2.24, 2.45) is 5.92 Å². The van der Waals surface area contributed by atoms with Crippen molar-refractivity contribution in [3.8, 4) is 0 Å². The molecular weight excluding hydrogens is 204 g/mol. The van der Waals surface area contributed by atoms with Crippen LogP contribution in [0.25, 0.3) is 0 Å². The summed E-state index contributed by atoms with van der Waals surface area (Å²) in [5.74, 6) is 1.57. The molecule has 1 fully saturated rings. The lowest BCUT2D eigenvalue weighted by Gasteiger charge is -2.03. The molecule has 1 N–H and O–H groups in total. The van der Waals surface area contributed by atoms with Crippen molar-refractivity contribution < 1.29 is 0 Å². The maximum absolute atomic E-state index is 4.65. The molecule has 0 aliphatic heterocycles. The van der Waals surface area contributed by atoms with E-state index in [0.29, 0.717) is 5.92 Å². The van der Waals surface area contributed by atoms with E-state index in [2.05, 4.69) is 29.5 Å². The van der Waals surface area contributed by atoms with Crippen LogP contribution in [0, 0.1) is 5.92 Å². The summed E-state index contributed by atoms with van der Waals surface area (Å²) >= 11 is 1.79. The Morgan fingerprint density at radius 2 is 2.40 bits per heavy atom. The lowest BCUT2D eigenvalue weighted by molar-refractivity contribution is 0.632. The first kappa shape index (κ1) is 11.1. The summed E-state index contributed by atoms with van der Waals surface area (Å²) in [4.78, 5) is 4.65. The highest BCUT2D eigenvalue weighted by Crippen LogP contribution is 2.27. The molecule has 0 aromatic carbocycles. The monoisotopic (exact) mass is 224 g/mol. The van der Waals surface area contributed by atoms with Crippen LogP contribution in [0.1, 0.15) is 49.7 Å².